The van der Waals surface area contributed by atoms with Gasteiger partial charge in [-0.05, 0) is 19.3 Å². The van der Waals surface area contributed by atoms with Gasteiger partial charge in [-0.1, -0.05) is 11.8 Å². The Morgan fingerprint density at radius 3 is 1.91 bits per heavy atom. The number of amides is 1. The molecule has 0 aromatic carbocycles. The van der Waals surface area contributed by atoms with Gasteiger partial charge in [0.2, 0.25) is 12.0 Å². The predicted molar refractivity (Wildman–Crippen MR) is 122 cm³/mol. The van der Waals surface area contributed by atoms with Crippen molar-refractivity contribution in [2.24, 2.45) is 0 Å². The summed E-state index contributed by atoms with van der Waals surface area (Å²) in [6.45, 7) is 6.37. The number of carbonyl (C=O) groups is 4. The van der Waals surface area contributed by atoms with Gasteiger partial charge in [-0.3, -0.25) is 14.5 Å². The van der Waals surface area contributed by atoms with E-state index < -0.39 is 18.0 Å². The zero-order valence-electron chi connectivity index (χ0n) is 19.9. The standard InChI is InChI=1S/C21H37NO11S/c1-17(23)32-33-19(21(26)27)5-3-4-7-22-20(25)6-8-28-9-10-29-11-12-30-13-14-31-15-16-34-18(2)24/h19H,3-16H2,1-2H3,(H,22,25)(H,26,27). The molecule has 0 bridgehead atoms. The molecule has 1 unspecified atom stereocenters. The molecule has 2 N–H and O–H groups in total. The maximum atomic E-state index is 11.7. The van der Waals surface area contributed by atoms with Gasteiger partial charge in [-0.15, -0.1) is 0 Å². The number of rotatable bonds is 23. The van der Waals surface area contributed by atoms with Crippen molar-refractivity contribution in [3.8, 4) is 0 Å². The zero-order chi connectivity index (χ0) is 25.4. The molecular weight excluding hydrogens is 474 g/mol. The molecule has 0 aromatic heterocycles. The van der Waals surface area contributed by atoms with Gasteiger partial charge in [-0.25, -0.2) is 9.59 Å². The van der Waals surface area contributed by atoms with Crippen LogP contribution >= 0.6 is 11.8 Å². The van der Waals surface area contributed by atoms with Crippen molar-refractivity contribution in [3.05, 3.63) is 0 Å². The summed E-state index contributed by atoms with van der Waals surface area (Å²) in [5.74, 6) is -1.47. The summed E-state index contributed by atoms with van der Waals surface area (Å²) in [5, 5.41) is 11.8. The van der Waals surface area contributed by atoms with Crippen molar-refractivity contribution in [1.82, 2.24) is 5.32 Å². The Morgan fingerprint density at radius 1 is 0.824 bits per heavy atom. The Labute approximate surface area is 204 Å². The van der Waals surface area contributed by atoms with Crippen molar-refractivity contribution < 1.29 is 53.0 Å². The average Bonchev–Trinajstić information content (AvgIpc) is 2.77. The zero-order valence-corrected chi connectivity index (χ0v) is 20.7. The Balaban J connectivity index is 3.40. The van der Waals surface area contributed by atoms with E-state index in [0.29, 0.717) is 71.4 Å². The summed E-state index contributed by atoms with van der Waals surface area (Å²) in [4.78, 5) is 52.9. The molecule has 0 heterocycles. The molecular formula is C21H37NO11S. The third-order valence-corrected chi connectivity index (χ3v) is 4.67. The normalized spacial score (nSPS) is 11.7. The second kappa shape index (κ2) is 23.0. The van der Waals surface area contributed by atoms with Crippen LogP contribution in [0.4, 0.5) is 0 Å². The molecule has 34 heavy (non-hydrogen) atoms. The first-order valence-electron chi connectivity index (χ1n) is 11.1. The summed E-state index contributed by atoms with van der Waals surface area (Å²) < 4.78 is 21.4. The molecule has 0 aliphatic rings. The van der Waals surface area contributed by atoms with Gasteiger partial charge in [0, 0.05) is 32.6 Å². The fraction of sp³-hybridized carbons (Fsp3) is 0.810. The average molecular weight is 512 g/mol. The van der Waals surface area contributed by atoms with Gasteiger partial charge in [0.25, 0.3) is 0 Å². The largest absolute Gasteiger partial charge is 0.479 e. The number of unbranched alkanes of at least 4 members (excludes halogenated alkanes) is 1. The molecule has 1 atom stereocenters. The fourth-order valence-electron chi connectivity index (χ4n) is 2.28. The molecule has 0 aliphatic heterocycles. The Kier molecular flexibility index (Phi) is 21.8. The summed E-state index contributed by atoms with van der Waals surface area (Å²) in [6.07, 6.45) is 0.164. The fourth-order valence-corrected chi connectivity index (χ4v) is 2.77. The highest BCUT2D eigenvalue weighted by molar-refractivity contribution is 8.13. The lowest BCUT2D eigenvalue weighted by atomic mass is 10.1. The molecule has 13 heteroatoms. The molecule has 12 nitrogen and oxygen atoms in total. The van der Waals surface area contributed by atoms with Crippen molar-refractivity contribution >= 4 is 34.7 Å². The van der Waals surface area contributed by atoms with Crippen LogP contribution in [0.3, 0.4) is 0 Å². The van der Waals surface area contributed by atoms with Crippen LogP contribution in [-0.4, -0.2) is 99.3 Å². The van der Waals surface area contributed by atoms with E-state index in [-0.39, 0.29) is 30.5 Å². The highest BCUT2D eigenvalue weighted by Crippen LogP contribution is 2.06. The van der Waals surface area contributed by atoms with E-state index in [2.05, 4.69) is 15.1 Å². The highest BCUT2D eigenvalue weighted by atomic mass is 32.2. The summed E-state index contributed by atoms with van der Waals surface area (Å²) >= 11 is 1.23. The maximum Gasteiger partial charge on any atom is 0.339 e. The van der Waals surface area contributed by atoms with Gasteiger partial charge >= 0.3 is 11.9 Å². The van der Waals surface area contributed by atoms with E-state index in [1.54, 1.807) is 0 Å². The number of thioether (sulfide) groups is 1. The van der Waals surface area contributed by atoms with Crippen molar-refractivity contribution in [1.29, 1.82) is 0 Å². The number of hydrogen-bond acceptors (Lipinski definition) is 11. The van der Waals surface area contributed by atoms with E-state index in [1.165, 1.54) is 18.7 Å². The molecule has 0 spiro atoms. The van der Waals surface area contributed by atoms with E-state index in [0.717, 1.165) is 6.92 Å². The number of carboxylic acid groups (broad SMARTS) is 1. The predicted octanol–water partition coefficient (Wildman–Crippen LogP) is 0.957. The van der Waals surface area contributed by atoms with Crippen molar-refractivity contribution in [2.75, 3.05) is 65.2 Å². The van der Waals surface area contributed by atoms with E-state index in [1.807, 2.05) is 0 Å². The van der Waals surface area contributed by atoms with Crippen molar-refractivity contribution in [2.45, 2.75) is 45.6 Å². The van der Waals surface area contributed by atoms with Crippen LogP contribution in [0.25, 0.3) is 0 Å². The number of carboxylic acids is 1. The first kappa shape index (κ1) is 32.2. The molecule has 0 fully saturated rings. The van der Waals surface area contributed by atoms with Gasteiger partial charge in [0.15, 0.2) is 5.12 Å². The SMILES string of the molecule is CC(=O)OOC(CCCCNC(=O)CCOCCOCCOCCOCCSC(C)=O)C(=O)O. The van der Waals surface area contributed by atoms with Crippen LogP contribution in [0.5, 0.6) is 0 Å². The van der Waals surface area contributed by atoms with Crippen LogP contribution in [0, 0.1) is 0 Å². The number of aliphatic carboxylic acids is 1. The number of nitrogens with one attached hydrogen (secondary N) is 1. The smallest absolute Gasteiger partial charge is 0.339 e. The Hall–Kier alpha value is -1.77. The molecule has 0 radical (unpaired) electrons. The second-order valence-electron chi connectivity index (χ2n) is 6.88. The van der Waals surface area contributed by atoms with E-state index in [9.17, 15) is 19.2 Å². The molecule has 0 rings (SSSR count). The van der Waals surface area contributed by atoms with Crippen molar-refractivity contribution in [3.63, 3.8) is 0 Å². The molecule has 1 amide bonds. The highest BCUT2D eigenvalue weighted by Gasteiger charge is 2.20. The number of hydrogen-bond donors (Lipinski definition) is 2. The van der Waals surface area contributed by atoms with E-state index in [4.69, 9.17) is 24.1 Å². The minimum atomic E-state index is -1.23. The third-order valence-electron chi connectivity index (χ3n) is 3.89. The molecule has 0 aromatic rings. The summed E-state index contributed by atoms with van der Waals surface area (Å²) in [7, 11) is 0. The van der Waals surface area contributed by atoms with Gasteiger partial charge in [-0.2, -0.15) is 4.89 Å². The van der Waals surface area contributed by atoms with Crippen LogP contribution in [0.2, 0.25) is 0 Å². The molecule has 0 aliphatic carbocycles. The Morgan fingerprint density at radius 2 is 1.38 bits per heavy atom. The van der Waals surface area contributed by atoms with Crippen LogP contribution in [0.1, 0.15) is 39.5 Å². The van der Waals surface area contributed by atoms with Gasteiger partial charge in [0.1, 0.15) is 0 Å². The molecule has 0 saturated heterocycles. The second-order valence-corrected chi connectivity index (χ2v) is 8.16. The first-order chi connectivity index (χ1) is 16.3. The first-order valence-corrected chi connectivity index (χ1v) is 12.1. The molecule has 0 saturated carbocycles. The summed E-state index contributed by atoms with van der Waals surface area (Å²) in [6, 6.07) is 0. The lowest BCUT2D eigenvalue weighted by molar-refractivity contribution is -0.294. The van der Waals surface area contributed by atoms with Gasteiger partial charge in [0.05, 0.1) is 52.9 Å². The number of carbonyl (C=O) groups excluding carboxylic acids is 3. The quantitative estimate of drug-likeness (QED) is 0.114. The summed E-state index contributed by atoms with van der Waals surface area (Å²) in [5.41, 5.74) is 0. The maximum absolute atomic E-state index is 11.7. The monoisotopic (exact) mass is 511 g/mol. The minimum Gasteiger partial charge on any atom is -0.479 e. The lowest BCUT2D eigenvalue weighted by Gasteiger charge is -2.11. The van der Waals surface area contributed by atoms with Crippen LogP contribution in [-0.2, 0) is 47.9 Å². The van der Waals surface area contributed by atoms with E-state index >= 15 is 0 Å². The van der Waals surface area contributed by atoms with Crippen LogP contribution < -0.4 is 5.32 Å². The Bertz CT molecular complexity index is 577. The molecule has 198 valence electrons. The lowest BCUT2D eigenvalue weighted by Crippen LogP contribution is -2.27. The third kappa shape index (κ3) is 23.4. The van der Waals surface area contributed by atoms with Gasteiger partial charge < -0.3 is 29.4 Å². The minimum absolute atomic E-state index is 0.0799. The van der Waals surface area contributed by atoms with Crippen LogP contribution in [0.15, 0.2) is 0 Å². The number of ether oxygens (including phenoxy) is 4. The topological polar surface area (TPSA) is 156 Å².